The van der Waals surface area contributed by atoms with Gasteiger partial charge in [0.25, 0.3) is 5.91 Å². The summed E-state index contributed by atoms with van der Waals surface area (Å²) < 4.78 is 22.4. The van der Waals surface area contributed by atoms with Crippen LogP contribution in [-0.4, -0.2) is 32.5 Å². The van der Waals surface area contributed by atoms with Crippen molar-refractivity contribution in [3.63, 3.8) is 0 Å². The molecule has 0 radical (unpaired) electrons. The van der Waals surface area contributed by atoms with Crippen LogP contribution in [0.3, 0.4) is 0 Å². The molecule has 0 N–H and O–H groups in total. The number of carbonyl (C=O) groups is 1. The topological polar surface area (TPSA) is 57.2 Å². The minimum atomic E-state index is -0.184. The summed E-state index contributed by atoms with van der Waals surface area (Å²) in [5.74, 6) is 2.18. The number of benzene rings is 3. The lowest BCUT2D eigenvalue weighted by molar-refractivity contribution is 0.0985. The van der Waals surface area contributed by atoms with Crippen molar-refractivity contribution in [2.75, 3.05) is 31.5 Å². The molecule has 2 heterocycles. The number of amides is 1. The summed E-state index contributed by atoms with van der Waals surface area (Å²) in [6.07, 6.45) is 3.96. The largest absolute Gasteiger partial charge is 0.486 e. The fraction of sp³-hybridized carbons (Fsp3) is 0.160. The third kappa shape index (κ3) is 3.92. The summed E-state index contributed by atoms with van der Waals surface area (Å²) in [5, 5.41) is 0. The van der Waals surface area contributed by atoms with Crippen LogP contribution in [0.25, 0.3) is 6.08 Å². The first-order valence-electron chi connectivity index (χ1n) is 10.1. The molecule has 3 aromatic rings. The van der Waals surface area contributed by atoms with Crippen molar-refractivity contribution < 1.29 is 23.7 Å². The predicted molar refractivity (Wildman–Crippen MR) is 117 cm³/mol. The number of ether oxygens (including phenoxy) is 4. The SMILES string of the molecule is O=C(c1cccc2c1OCO2)N(C/C=C/c1ccccc1)c1ccc2c(c1)OCCO2. The zero-order valence-electron chi connectivity index (χ0n) is 16.8. The smallest absolute Gasteiger partial charge is 0.262 e. The minimum Gasteiger partial charge on any atom is -0.486 e. The fourth-order valence-electron chi connectivity index (χ4n) is 3.61. The summed E-state index contributed by atoms with van der Waals surface area (Å²) in [4.78, 5) is 15.3. The molecule has 0 atom stereocenters. The third-order valence-corrected chi connectivity index (χ3v) is 5.11. The Kier molecular flexibility index (Phi) is 5.19. The highest BCUT2D eigenvalue weighted by molar-refractivity contribution is 6.08. The van der Waals surface area contributed by atoms with Gasteiger partial charge in [-0.25, -0.2) is 0 Å². The first-order valence-corrected chi connectivity index (χ1v) is 10.1. The van der Waals surface area contributed by atoms with Crippen LogP contribution in [-0.2, 0) is 0 Å². The number of hydrogen-bond donors (Lipinski definition) is 0. The number of fused-ring (bicyclic) bond motifs is 2. The van der Waals surface area contributed by atoms with E-state index in [1.807, 2.05) is 60.7 Å². The molecule has 5 rings (SSSR count). The van der Waals surface area contributed by atoms with Crippen molar-refractivity contribution in [3.05, 3.63) is 83.9 Å². The van der Waals surface area contributed by atoms with Gasteiger partial charge in [0, 0.05) is 18.3 Å². The second kappa shape index (κ2) is 8.44. The van der Waals surface area contributed by atoms with Gasteiger partial charge in [-0.2, -0.15) is 0 Å². The fourth-order valence-corrected chi connectivity index (χ4v) is 3.61. The molecule has 0 aliphatic carbocycles. The third-order valence-electron chi connectivity index (χ3n) is 5.11. The lowest BCUT2D eigenvalue weighted by Gasteiger charge is -2.25. The quantitative estimate of drug-likeness (QED) is 0.612. The Balaban J connectivity index is 1.49. The molecule has 3 aromatic carbocycles. The molecule has 0 bridgehead atoms. The maximum atomic E-state index is 13.6. The summed E-state index contributed by atoms with van der Waals surface area (Å²) in [6, 6.07) is 20.8. The normalized spacial score (nSPS) is 13.9. The second-order valence-corrected chi connectivity index (χ2v) is 7.10. The summed E-state index contributed by atoms with van der Waals surface area (Å²) in [7, 11) is 0. The van der Waals surface area contributed by atoms with Gasteiger partial charge < -0.3 is 23.8 Å². The summed E-state index contributed by atoms with van der Waals surface area (Å²) in [6.45, 7) is 1.48. The van der Waals surface area contributed by atoms with E-state index < -0.39 is 0 Å². The molecule has 0 fully saturated rings. The molecular weight excluding hydrogens is 394 g/mol. The van der Waals surface area contributed by atoms with Gasteiger partial charge in [-0.15, -0.1) is 0 Å². The Labute approximate surface area is 180 Å². The standard InChI is InChI=1S/C25H21NO5/c27-25(20-9-4-10-22-24(20)31-17-30-22)26(13-5-8-18-6-2-1-3-7-18)19-11-12-21-23(16-19)29-15-14-28-21/h1-12,16H,13-15,17H2/b8-5+. The zero-order valence-corrected chi connectivity index (χ0v) is 16.8. The van der Waals surface area contributed by atoms with Crippen LogP contribution in [0.2, 0.25) is 0 Å². The van der Waals surface area contributed by atoms with Crippen LogP contribution in [0.5, 0.6) is 23.0 Å². The average molecular weight is 415 g/mol. The molecule has 0 saturated carbocycles. The van der Waals surface area contributed by atoms with Crippen LogP contribution in [0.1, 0.15) is 15.9 Å². The van der Waals surface area contributed by atoms with Gasteiger partial charge in [0.1, 0.15) is 13.2 Å². The van der Waals surface area contributed by atoms with Crippen LogP contribution in [0, 0.1) is 0 Å². The first kappa shape index (κ1) is 19.1. The van der Waals surface area contributed by atoms with Gasteiger partial charge >= 0.3 is 0 Å². The van der Waals surface area contributed by atoms with Gasteiger partial charge in [-0.3, -0.25) is 4.79 Å². The number of nitrogens with zero attached hydrogens (tertiary/aromatic N) is 1. The van der Waals surface area contributed by atoms with Crippen molar-refractivity contribution in [2.24, 2.45) is 0 Å². The van der Waals surface area contributed by atoms with E-state index in [4.69, 9.17) is 18.9 Å². The van der Waals surface area contributed by atoms with E-state index in [1.54, 1.807) is 23.1 Å². The van der Waals surface area contributed by atoms with Crippen molar-refractivity contribution in [1.82, 2.24) is 0 Å². The Morgan fingerprint density at radius 2 is 1.68 bits per heavy atom. The predicted octanol–water partition coefficient (Wildman–Crippen LogP) is 4.55. The number of anilines is 1. The zero-order chi connectivity index (χ0) is 21.0. The molecule has 156 valence electrons. The summed E-state index contributed by atoms with van der Waals surface area (Å²) >= 11 is 0. The van der Waals surface area contributed by atoms with E-state index in [1.165, 1.54) is 0 Å². The molecule has 0 spiro atoms. The van der Waals surface area contributed by atoms with Gasteiger partial charge in [0.2, 0.25) is 6.79 Å². The Hall–Kier alpha value is -3.93. The van der Waals surface area contributed by atoms with E-state index in [9.17, 15) is 4.79 Å². The van der Waals surface area contributed by atoms with Crippen LogP contribution < -0.4 is 23.8 Å². The molecule has 2 aliphatic heterocycles. The van der Waals surface area contributed by atoms with Crippen LogP contribution in [0.4, 0.5) is 5.69 Å². The number of carbonyl (C=O) groups excluding carboxylic acids is 1. The van der Waals surface area contributed by atoms with E-state index in [0.29, 0.717) is 54.0 Å². The van der Waals surface area contributed by atoms with E-state index in [0.717, 1.165) is 5.56 Å². The van der Waals surface area contributed by atoms with E-state index >= 15 is 0 Å². The van der Waals surface area contributed by atoms with E-state index in [-0.39, 0.29) is 12.7 Å². The van der Waals surface area contributed by atoms with Gasteiger partial charge in [0.15, 0.2) is 23.0 Å². The van der Waals surface area contributed by atoms with Gasteiger partial charge in [-0.05, 0) is 29.8 Å². The van der Waals surface area contributed by atoms with Gasteiger partial charge in [0.05, 0.1) is 5.56 Å². The van der Waals surface area contributed by atoms with Crippen LogP contribution in [0.15, 0.2) is 72.8 Å². The summed E-state index contributed by atoms with van der Waals surface area (Å²) in [5.41, 5.74) is 2.23. The number of hydrogen-bond acceptors (Lipinski definition) is 5. The Bertz CT molecular complexity index is 1130. The molecule has 0 aromatic heterocycles. The molecule has 6 heteroatoms. The highest BCUT2D eigenvalue weighted by Crippen LogP contribution is 2.38. The Morgan fingerprint density at radius 3 is 2.55 bits per heavy atom. The first-order chi connectivity index (χ1) is 15.3. The molecule has 6 nitrogen and oxygen atoms in total. The van der Waals surface area contributed by atoms with Crippen molar-refractivity contribution in [1.29, 1.82) is 0 Å². The molecule has 2 aliphatic rings. The van der Waals surface area contributed by atoms with Gasteiger partial charge in [-0.1, -0.05) is 48.6 Å². The Morgan fingerprint density at radius 1 is 0.839 bits per heavy atom. The van der Waals surface area contributed by atoms with Crippen molar-refractivity contribution in [3.8, 4) is 23.0 Å². The van der Waals surface area contributed by atoms with Crippen LogP contribution >= 0.6 is 0 Å². The maximum Gasteiger partial charge on any atom is 0.262 e. The molecular formula is C25H21NO5. The molecule has 31 heavy (non-hydrogen) atoms. The van der Waals surface area contributed by atoms with Crippen molar-refractivity contribution >= 4 is 17.7 Å². The minimum absolute atomic E-state index is 0.109. The molecule has 1 amide bonds. The highest BCUT2D eigenvalue weighted by Gasteiger charge is 2.26. The van der Waals surface area contributed by atoms with Crippen molar-refractivity contribution in [2.45, 2.75) is 0 Å². The number of para-hydroxylation sites is 1. The molecule has 0 saturated heterocycles. The average Bonchev–Trinajstić information content (AvgIpc) is 3.31. The van der Waals surface area contributed by atoms with E-state index in [2.05, 4.69) is 0 Å². The maximum absolute atomic E-state index is 13.6. The monoisotopic (exact) mass is 415 g/mol. The lowest BCUT2D eigenvalue weighted by Crippen LogP contribution is -2.31. The molecule has 0 unspecified atom stereocenters. The highest BCUT2D eigenvalue weighted by atomic mass is 16.7. The second-order valence-electron chi connectivity index (χ2n) is 7.10. The lowest BCUT2D eigenvalue weighted by atomic mass is 10.1. The number of rotatable bonds is 5.